The van der Waals surface area contributed by atoms with Gasteiger partial charge in [0, 0.05) is 80.1 Å². The molecule has 0 radical (unpaired) electrons. The van der Waals surface area contributed by atoms with Gasteiger partial charge in [-0.15, -0.1) is 0 Å². The molecule has 8 aliphatic rings. The van der Waals surface area contributed by atoms with Gasteiger partial charge in [0.05, 0.1) is 0 Å². The molecule has 4 N–H and O–H groups in total. The van der Waals surface area contributed by atoms with Gasteiger partial charge in [0.25, 0.3) is 0 Å². The summed E-state index contributed by atoms with van der Waals surface area (Å²) < 4.78 is 18.9. The Hall–Kier alpha value is -6.31. The third-order valence-corrected chi connectivity index (χ3v) is 21.2. The summed E-state index contributed by atoms with van der Waals surface area (Å²) in [5, 5.41) is 39.4. The average Bonchev–Trinajstić information content (AvgIpc) is 0.779. The Labute approximate surface area is 529 Å². The highest BCUT2D eigenvalue weighted by Crippen LogP contribution is 2.57. The summed E-state index contributed by atoms with van der Waals surface area (Å²) in [5.41, 5.74) is 2.24. The standard InChI is InChI=1S/2C25H34O5.C25H36O4/c1-6-7-8-9-12-24(2,3)18-14-19-20(22(27)21(18)26)16-13-15(23(28)29)10-11-17(16)25(4,5)30-19;1-6-7-8-9-12-24(2,3)18-14-19(26)20-16-13-15(23(28)29)10-11-17(16)25(4,5)30-22(20)21(18)27;1-6-7-8-9-12-24(2,3)17-14-20(26)22-18-13-16(23(27)28)10-11-19(18)25(4,5)29-21(22)15-17/h2*10,14,16-17H,6-9,11-13H2,1-5H3,(H,28,29);10,14-15,18-19,26H,6-9,11-13H2,1-5H3,(H,27,28)/t2*16-,17-;18-,19-/m111/s1. The summed E-state index contributed by atoms with van der Waals surface area (Å²) in [5.74, 6) is -3.13. The van der Waals surface area contributed by atoms with Gasteiger partial charge in [-0.3, -0.25) is 19.2 Å². The number of ketones is 4. The van der Waals surface area contributed by atoms with E-state index in [0.29, 0.717) is 70.5 Å². The average molecular weight is 1230 g/mol. The molecule has 0 unspecified atom stereocenters. The van der Waals surface area contributed by atoms with Crippen molar-refractivity contribution in [3.05, 3.63) is 104 Å². The van der Waals surface area contributed by atoms with Crippen molar-refractivity contribution in [2.24, 2.45) is 40.4 Å². The molecule has 3 aliphatic heterocycles. The van der Waals surface area contributed by atoms with E-state index in [1.807, 2.05) is 67.5 Å². The van der Waals surface area contributed by atoms with Crippen molar-refractivity contribution in [3.63, 3.8) is 0 Å². The zero-order chi connectivity index (χ0) is 65.9. The molecular formula is C75H104O14. The number of phenolic OH excluding ortho intramolecular Hbond substituents is 1. The molecule has 9 rings (SSSR count). The van der Waals surface area contributed by atoms with Crippen LogP contribution in [0.5, 0.6) is 11.5 Å². The molecule has 0 amide bonds. The summed E-state index contributed by atoms with van der Waals surface area (Å²) >= 11 is 0. The molecule has 0 aromatic heterocycles. The van der Waals surface area contributed by atoms with Gasteiger partial charge in [-0.2, -0.15) is 0 Å². The molecular weight excluding hydrogens is 1120 g/mol. The molecule has 89 heavy (non-hydrogen) atoms. The van der Waals surface area contributed by atoms with Crippen molar-refractivity contribution in [2.75, 3.05) is 0 Å². The lowest BCUT2D eigenvalue weighted by molar-refractivity contribution is -0.136. The Balaban J connectivity index is 0.000000190. The topological polar surface area (TPSA) is 228 Å². The van der Waals surface area contributed by atoms with Gasteiger partial charge in [0.15, 0.2) is 11.5 Å². The molecule has 14 nitrogen and oxygen atoms in total. The van der Waals surface area contributed by atoms with Crippen LogP contribution in [0.15, 0.2) is 93.0 Å². The van der Waals surface area contributed by atoms with Crippen molar-refractivity contribution in [1.82, 2.24) is 0 Å². The molecule has 1 aromatic carbocycles. The van der Waals surface area contributed by atoms with Gasteiger partial charge >= 0.3 is 17.9 Å². The summed E-state index contributed by atoms with van der Waals surface area (Å²) in [6, 6.07) is 3.97. The van der Waals surface area contributed by atoms with Crippen LogP contribution in [-0.2, 0) is 48.5 Å². The maximum atomic E-state index is 13.5. The molecule has 1 aromatic rings. The van der Waals surface area contributed by atoms with Crippen molar-refractivity contribution < 1.29 is 68.2 Å². The SMILES string of the molecule is CCCCCCC(C)(C)C1=CC(=O)C2=C(OC(C)(C)[C@@H]3CC=C(C(=O)O)C[C@@H]23)C1=O.CCCCCCC(C)(C)C1=CC2=C(C(=O)C1=O)[C@@H]1CC(C(=O)O)=CC[C@H]1C(C)(C)O2.CCCCCCC(C)(C)c1cc(O)c2c(c1)OC(C)(C)[C@@H]1CC=C(C(=O)O)C[C@@H]21. The van der Waals surface area contributed by atoms with Crippen LogP contribution in [0.25, 0.3) is 0 Å². The predicted molar refractivity (Wildman–Crippen MR) is 345 cm³/mol. The number of carboxylic acids is 3. The number of carbonyl (C=O) groups excluding carboxylic acids is 4. The molecule has 5 aliphatic carbocycles. The molecule has 14 heteroatoms. The second kappa shape index (κ2) is 27.7. The number of aromatic hydroxyl groups is 1. The number of hydrogen-bond acceptors (Lipinski definition) is 11. The number of aliphatic carboxylic acids is 3. The highest BCUT2D eigenvalue weighted by Gasteiger charge is 2.54. The summed E-state index contributed by atoms with van der Waals surface area (Å²) in [6.07, 6.45) is 27.7. The molecule has 0 saturated carbocycles. The maximum absolute atomic E-state index is 13.5. The summed E-state index contributed by atoms with van der Waals surface area (Å²) in [7, 11) is 0. The van der Waals surface area contributed by atoms with E-state index in [1.54, 1.807) is 18.2 Å². The Morgan fingerprint density at radius 2 is 0.899 bits per heavy atom. The highest BCUT2D eigenvalue weighted by molar-refractivity contribution is 6.50. The van der Waals surface area contributed by atoms with E-state index in [4.69, 9.17) is 14.2 Å². The van der Waals surface area contributed by atoms with Gasteiger partial charge in [0.1, 0.15) is 34.1 Å². The van der Waals surface area contributed by atoms with Crippen LogP contribution >= 0.6 is 0 Å². The molecule has 3 heterocycles. The van der Waals surface area contributed by atoms with E-state index in [1.165, 1.54) is 31.8 Å². The third kappa shape index (κ3) is 15.2. The number of Topliss-reactive ketones (excluding diaryl/α,β-unsaturated/α-hetero) is 3. The fourth-order valence-electron chi connectivity index (χ4n) is 15.5. The number of benzene rings is 1. The van der Waals surface area contributed by atoms with Crippen LogP contribution in [-0.4, -0.2) is 78.3 Å². The van der Waals surface area contributed by atoms with E-state index in [2.05, 4.69) is 54.5 Å². The maximum Gasteiger partial charge on any atom is 0.331 e. The zero-order valence-electron chi connectivity index (χ0n) is 56.2. The smallest absolute Gasteiger partial charge is 0.331 e. The molecule has 0 bridgehead atoms. The van der Waals surface area contributed by atoms with Crippen LogP contribution in [0.3, 0.4) is 0 Å². The van der Waals surface area contributed by atoms with Crippen molar-refractivity contribution in [1.29, 1.82) is 0 Å². The van der Waals surface area contributed by atoms with E-state index in [-0.39, 0.29) is 76.8 Å². The fourth-order valence-corrected chi connectivity index (χ4v) is 15.5. The minimum atomic E-state index is -0.959. The lowest BCUT2D eigenvalue weighted by atomic mass is 9.63. The van der Waals surface area contributed by atoms with Gasteiger partial charge < -0.3 is 34.6 Å². The summed E-state index contributed by atoms with van der Waals surface area (Å²) in [4.78, 5) is 87.7. The first-order valence-corrected chi connectivity index (χ1v) is 33.4. The van der Waals surface area contributed by atoms with Crippen molar-refractivity contribution in [3.8, 4) is 11.5 Å². The molecule has 6 atom stereocenters. The predicted octanol–water partition coefficient (Wildman–Crippen LogP) is 16.6. The monoisotopic (exact) mass is 1230 g/mol. The Morgan fingerprint density at radius 1 is 0.494 bits per heavy atom. The minimum Gasteiger partial charge on any atom is -0.508 e. The van der Waals surface area contributed by atoms with Gasteiger partial charge in [-0.05, 0) is 145 Å². The number of phenols is 1. The normalized spacial score (nSPS) is 24.8. The summed E-state index contributed by atoms with van der Waals surface area (Å²) in [6.45, 7) is 31.0. The van der Waals surface area contributed by atoms with Crippen LogP contribution in [0.4, 0.5) is 0 Å². The van der Waals surface area contributed by atoms with Gasteiger partial charge in [0.2, 0.25) is 17.3 Å². The number of unbranched alkanes of at least 4 members (excludes halogenated alkanes) is 9. The lowest BCUT2D eigenvalue weighted by Crippen LogP contribution is -2.49. The number of rotatable bonds is 21. The molecule has 0 spiro atoms. The first-order chi connectivity index (χ1) is 41.5. The fraction of sp³-hybridized carbons (Fsp3) is 0.640. The molecule has 0 fully saturated rings. The highest BCUT2D eigenvalue weighted by atomic mass is 16.5. The number of hydrogen-bond donors (Lipinski definition) is 4. The van der Waals surface area contributed by atoms with Crippen LogP contribution in [0, 0.1) is 40.4 Å². The number of carbonyl (C=O) groups is 7. The van der Waals surface area contributed by atoms with Crippen LogP contribution in [0.2, 0.25) is 0 Å². The van der Waals surface area contributed by atoms with Gasteiger partial charge in [-0.1, -0.05) is 158 Å². The first kappa shape index (κ1) is 70.2. The van der Waals surface area contributed by atoms with Crippen LogP contribution in [0.1, 0.15) is 256 Å². The number of fused-ring (bicyclic) bond motifs is 7. The second-order valence-electron chi connectivity index (χ2n) is 30.2. The van der Waals surface area contributed by atoms with Crippen molar-refractivity contribution in [2.45, 2.75) is 267 Å². The number of carboxylic acid groups (broad SMARTS) is 3. The second-order valence-corrected chi connectivity index (χ2v) is 30.2. The van der Waals surface area contributed by atoms with Gasteiger partial charge in [-0.25, -0.2) is 14.4 Å². The molecule has 488 valence electrons. The van der Waals surface area contributed by atoms with E-state index >= 15 is 0 Å². The van der Waals surface area contributed by atoms with E-state index < -0.39 is 57.1 Å². The zero-order valence-corrected chi connectivity index (χ0v) is 56.2. The molecule has 0 saturated heterocycles. The largest absolute Gasteiger partial charge is 0.508 e. The van der Waals surface area contributed by atoms with Crippen LogP contribution < -0.4 is 4.74 Å². The Kier molecular flexibility index (Phi) is 21.8. The minimum absolute atomic E-state index is 0.0342. The van der Waals surface area contributed by atoms with E-state index in [0.717, 1.165) is 87.5 Å². The Morgan fingerprint density at radius 3 is 1.36 bits per heavy atom. The lowest BCUT2D eigenvalue weighted by Gasteiger charge is -2.48. The quantitative estimate of drug-likeness (QED) is 0.0389. The van der Waals surface area contributed by atoms with E-state index in [9.17, 15) is 54.0 Å². The first-order valence-electron chi connectivity index (χ1n) is 33.4. The Bertz CT molecular complexity index is 3170. The number of allylic oxidation sites excluding steroid dienone is 9. The number of ether oxygens (including phenoxy) is 3. The third-order valence-electron chi connectivity index (χ3n) is 21.2. The van der Waals surface area contributed by atoms with Crippen molar-refractivity contribution >= 4 is 41.0 Å².